The van der Waals surface area contributed by atoms with Crippen LogP contribution in [0.25, 0.3) is 0 Å². The van der Waals surface area contributed by atoms with E-state index in [9.17, 15) is 17.6 Å². The molecule has 2 heterocycles. The highest BCUT2D eigenvalue weighted by Crippen LogP contribution is 2.28. The number of pyridine rings is 1. The summed E-state index contributed by atoms with van der Waals surface area (Å²) >= 11 is 0. The van der Waals surface area contributed by atoms with Crippen LogP contribution in [0.3, 0.4) is 0 Å². The zero-order chi connectivity index (χ0) is 21.1. The van der Waals surface area contributed by atoms with Crippen molar-refractivity contribution < 1.29 is 17.6 Å². The standard InChI is InChI=1S/C21H25FN4O3S/c22-18-3-7-20(8-4-18)30(28,29)26-12-10-24(11-13-26)21(27)16-25(19-5-6-19)15-17-2-1-9-23-14-17/h1-4,7-9,14,19H,5-6,10-13,15-16H2. The third-order valence-corrected chi connectivity index (χ3v) is 7.47. The second-order valence-corrected chi connectivity index (χ2v) is 9.67. The highest BCUT2D eigenvalue weighted by atomic mass is 32.2. The Balaban J connectivity index is 1.34. The second kappa shape index (κ2) is 8.79. The van der Waals surface area contributed by atoms with E-state index in [4.69, 9.17) is 0 Å². The first kappa shape index (κ1) is 20.9. The molecule has 9 heteroatoms. The molecule has 0 spiro atoms. The summed E-state index contributed by atoms with van der Waals surface area (Å²) in [5.74, 6) is -0.458. The maximum atomic E-state index is 13.1. The molecular formula is C21H25FN4O3S. The topological polar surface area (TPSA) is 73.8 Å². The molecule has 1 amide bonds. The lowest BCUT2D eigenvalue weighted by molar-refractivity contribution is -0.133. The summed E-state index contributed by atoms with van der Waals surface area (Å²) in [4.78, 5) is 21.0. The van der Waals surface area contributed by atoms with E-state index < -0.39 is 15.8 Å². The van der Waals surface area contributed by atoms with Crippen molar-refractivity contribution in [1.82, 2.24) is 19.1 Å². The first-order chi connectivity index (χ1) is 14.4. The molecule has 1 aliphatic heterocycles. The summed E-state index contributed by atoms with van der Waals surface area (Å²) in [6, 6.07) is 9.15. The third kappa shape index (κ3) is 4.85. The Bertz CT molecular complexity index is 973. The summed E-state index contributed by atoms with van der Waals surface area (Å²) < 4.78 is 39.9. The van der Waals surface area contributed by atoms with Crippen molar-refractivity contribution in [2.75, 3.05) is 32.7 Å². The highest BCUT2D eigenvalue weighted by molar-refractivity contribution is 7.89. The van der Waals surface area contributed by atoms with Gasteiger partial charge in [-0.1, -0.05) is 6.07 Å². The van der Waals surface area contributed by atoms with Gasteiger partial charge in [0.15, 0.2) is 0 Å². The molecular weight excluding hydrogens is 407 g/mol. The minimum Gasteiger partial charge on any atom is -0.339 e. The number of amides is 1. The third-order valence-electron chi connectivity index (χ3n) is 5.55. The van der Waals surface area contributed by atoms with Crippen molar-refractivity contribution in [3.63, 3.8) is 0 Å². The van der Waals surface area contributed by atoms with Crippen LogP contribution in [0.1, 0.15) is 18.4 Å². The van der Waals surface area contributed by atoms with Crippen LogP contribution in [-0.4, -0.2) is 72.2 Å². The van der Waals surface area contributed by atoms with Crippen LogP contribution in [0, 0.1) is 5.82 Å². The quantitative estimate of drug-likeness (QED) is 0.666. The molecule has 2 aliphatic rings. The Hall–Kier alpha value is -2.36. The van der Waals surface area contributed by atoms with Gasteiger partial charge in [-0.3, -0.25) is 14.7 Å². The first-order valence-electron chi connectivity index (χ1n) is 10.1. The molecule has 160 valence electrons. The summed E-state index contributed by atoms with van der Waals surface area (Å²) in [6.45, 7) is 2.18. The molecule has 1 aromatic carbocycles. The number of sulfonamides is 1. The number of piperazine rings is 1. The van der Waals surface area contributed by atoms with E-state index in [1.165, 1.54) is 16.4 Å². The van der Waals surface area contributed by atoms with E-state index in [1.807, 2.05) is 18.3 Å². The number of benzene rings is 1. The van der Waals surface area contributed by atoms with Gasteiger partial charge in [0.2, 0.25) is 15.9 Å². The molecule has 1 aliphatic carbocycles. The molecule has 0 N–H and O–H groups in total. The Morgan fingerprint density at radius 1 is 1.10 bits per heavy atom. The van der Waals surface area contributed by atoms with Crippen molar-refractivity contribution >= 4 is 15.9 Å². The van der Waals surface area contributed by atoms with Crippen LogP contribution < -0.4 is 0 Å². The van der Waals surface area contributed by atoms with E-state index in [2.05, 4.69) is 9.88 Å². The predicted octanol–water partition coefficient (Wildman–Crippen LogP) is 1.72. The summed E-state index contributed by atoms with van der Waals surface area (Å²) in [5.41, 5.74) is 1.08. The molecule has 4 rings (SSSR count). The van der Waals surface area contributed by atoms with Gasteiger partial charge in [-0.25, -0.2) is 12.8 Å². The fourth-order valence-electron chi connectivity index (χ4n) is 3.69. The van der Waals surface area contributed by atoms with Gasteiger partial charge in [0.05, 0.1) is 11.4 Å². The Morgan fingerprint density at radius 2 is 1.80 bits per heavy atom. The lowest BCUT2D eigenvalue weighted by atomic mass is 10.2. The van der Waals surface area contributed by atoms with Crippen LogP contribution in [0.4, 0.5) is 4.39 Å². The van der Waals surface area contributed by atoms with Crippen molar-refractivity contribution in [2.24, 2.45) is 0 Å². The zero-order valence-electron chi connectivity index (χ0n) is 16.7. The minimum absolute atomic E-state index is 0.0182. The first-order valence-corrected chi connectivity index (χ1v) is 11.5. The summed E-state index contributed by atoms with van der Waals surface area (Å²) in [5, 5.41) is 0. The van der Waals surface area contributed by atoms with Crippen molar-refractivity contribution in [2.45, 2.75) is 30.3 Å². The van der Waals surface area contributed by atoms with E-state index in [1.54, 1.807) is 11.1 Å². The monoisotopic (exact) mass is 432 g/mol. The number of carbonyl (C=O) groups excluding carboxylic acids is 1. The molecule has 2 fully saturated rings. The van der Waals surface area contributed by atoms with Gasteiger partial charge in [-0.05, 0) is 48.7 Å². The molecule has 1 saturated heterocycles. The minimum atomic E-state index is -3.68. The second-order valence-electron chi connectivity index (χ2n) is 7.74. The van der Waals surface area contributed by atoms with E-state index in [0.29, 0.717) is 32.2 Å². The number of hydrogen-bond donors (Lipinski definition) is 0. The van der Waals surface area contributed by atoms with Crippen molar-refractivity contribution in [3.05, 3.63) is 60.2 Å². The van der Waals surface area contributed by atoms with Crippen molar-refractivity contribution in [1.29, 1.82) is 0 Å². The molecule has 0 atom stereocenters. The number of halogens is 1. The van der Waals surface area contributed by atoms with Gasteiger partial charge < -0.3 is 4.90 Å². The van der Waals surface area contributed by atoms with Gasteiger partial charge in [0.1, 0.15) is 5.82 Å². The van der Waals surface area contributed by atoms with E-state index >= 15 is 0 Å². The summed E-state index contributed by atoms with van der Waals surface area (Å²) in [6.07, 6.45) is 5.74. The average molecular weight is 433 g/mol. The maximum Gasteiger partial charge on any atom is 0.243 e. The molecule has 1 aromatic heterocycles. The number of nitrogens with zero attached hydrogens (tertiary/aromatic N) is 4. The van der Waals surface area contributed by atoms with Gasteiger partial charge >= 0.3 is 0 Å². The fraction of sp³-hybridized carbons (Fsp3) is 0.429. The lowest BCUT2D eigenvalue weighted by Crippen LogP contribution is -2.52. The molecule has 2 aromatic rings. The number of carbonyl (C=O) groups is 1. The smallest absolute Gasteiger partial charge is 0.243 e. The van der Waals surface area contributed by atoms with Crippen LogP contribution in [0.5, 0.6) is 0 Å². The largest absolute Gasteiger partial charge is 0.339 e. The average Bonchev–Trinajstić information content (AvgIpc) is 3.60. The van der Waals surface area contributed by atoms with Gasteiger partial charge in [0.25, 0.3) is 0 Å². The number of rotatable bonds is 7. The van der Waals surface area contributed by atoms with Crippen LogP contribution in [-0.2, 0) is 21.4 Å². The van der Waals surface area contributed by atoms with Crippen LogP contribution in [0.2, 0.25) is 0 Å². The lowest BCUT2D eigenvalue weighted by Gasteiger charge is -2.35. The Labute approximate surface area is 176 Å². The van der Waals surface area contributed by atoms with Gasteiger partial charge in [-0.2, -0.15) is 4.31 Å². The molecule has 0 unspecified atom stereocenters. The molecule has 0 radical (unpaired) electrons. The van der Waals surface area contributed by atoms with Crippen molar-refractivity contribution in [3.8, 4) is 0 Å². The zero-order valence-corrected chi connectivity index (χ0v) is 17.5. The number of hydrogen-bond acceptors (Lipinski definition) is 5. The molecule has 0 bridgehead atoms. The van der Waals surface area contributed by atoms with Gasteiger partial charge in [-0.15, -0.1) is 0 Å². The molecule has 7 nitrogen and oxygen atoms in total. The van der Waals surface area contributed by atoms with E-state index in [-0.39, 0.29) is 23.9 Å². The normalized spacial score (nSPS) is 18.0. The predicted molar refractivity (Wildman–Crippen MR) is 109 cm³/mol. The van der Waals surface area contributed by atoms with Gasteiger partial charge in [0, 0.05) is 51.2 Å². The Morgan fingerprint density at radius 3 is 2.40 bits per heavy atom. The summed E-state index contributed by atoms with van der Waals surface area (Å²) in [7, 11) is -3.68. The highest BCUT2D eigenvalue weighted by Gasteiger charge is 2.34. The van der Waals surface area contributed by atoms with Crippen LogP contribution in [0.15, 0.2) is 53.7 Å². The van der Waals surface area contributed by atoms with E-state index in [0.717, 1.165) is 30.5 Å². The fourth-order valence-corrected chi connectivity index (χ4v) is 5.11. The maximum absolute atomic E-state index is 13.1. The number of aromatic nitrogens is 1. The van der Waals surface area contributed by atoms with Crippen LogP contribution >= 0.6 is 0 Å². The Kier molecular flexibility index (Phi) is 6.12. The molecule has 1 saturated carbocycles. The molecule has 30 heavy (non-hydrogen) atoms. The SMILES string of the molecule is O=C(CN(Cc1cccnc1)C1CC1)N1CCN(S(=O)(=O)c2ccc(F)cc2)CC1.